The molecule has 1 N–H and O–H groups in total. The lowest BCUT2D eigenvalue weighted by molar-refractivity contribution is -0.178. The number of carbonyl (C=O) groups is 3. The standard InChI is InChI=1S/C13H17NO5.C8H14O/c15-11-8-9-12(16)14(11)19-13(17)18-10-6-4-2-1-3-5-7-10;9-8-6-4-2-1-3-5-7-8/h1-2,10H,3-9H2;1-2,8-9H,3-7H2/b2*2-1+/t10-;8-/m00/s1. The second kappa shape index (κ2) is 12.3. The van der Waals surface area contributed by atoms with Crippen molar-refractivity contribution in [3.8, 4) is 0 Å². The molecule has 0 saturated carbocycles. The zero-order valence-corrected chi connectivity index (χ0v) is 16.4. The summed E-state index contributed by atoms with van der Waals surface area (Å²) < 4.78 is 5.14. The number of aliphatic hydroxyl groups excluding tert-OH is 1. The van der Waals surface area contributed by atoms with E-state index in [0.29, 0.717) is 5.06 Å². The highest BCUT2D eigenvalue weighted by Crippen LogP contribution is 2.18. The molecular formula is C21H31NO6. The molecule has 2 aliphatic carbocycles. The van der Waals surface area contributed by atoms with Gasteiger partial charge in [-0.3, -0.25) is 14.4 Å². The molecule has 7 nitrogen and oxygen atoms in total. The molecule has 0 aromatic heterocycles. The van der Waals surface area contributed by atoms with Crippen LogP contribution in [-0.2, 0) is 19.2 Å². The summed E-state index contributed by atoms with van der Waals surface area (Å²) in [6.45, 7) is 0. The van der Waals surface area contributed by atoms with Gasteiger partial charge in [-0.1, -0.05) is 29.4 Å². The van der Waals surface area contributed by atoms with Gasteiger partial charge in [0, 0.05) is 12.8 Å². The summed E-state index contributed by atoms with van der Waals surface area (Å²) in [5.74, 6) is -0.995. The number of hydroxylamine groups is 2. The molecule has 1 aliphatic heterocycles. The van der Waals surface area contributed by atoms with Gasteiger partial charge in [-0.25, -0.2) is 4.79 Å². The minimum atomic E-state index is -0.974. The maximum atomic E-state index is 11.5. The van der Waals surface area contributed by atoms with Gasteiger partial charge in [-0.2, -0.15) is 0 Å². The van der Waals surface area contributed by atoms with Gasteiger partial charge in [-0.15, -0.1) is 0 Å². The van der Waals surface area contributed by atoms with Gasteiger partial charge in [0.05, 0.1) is 6.10 Å². The quantitative estimate of drug-likeness (QED) is 0.434. The number of aliphatic hydroxyl groups is 1. The molecule has 2 amide bonds. The summed E-state index contributed by atoms with van der Waals surface area (Å²) in [5, 5.41) is 9.69. The Hall–Kier alpha value is -2.15. The Morgan fingerprint density at radius 2 is 1.43 bits per heavy atom. The summed E-state index contributed by atoms with van der Waals surface area (Å²) in [6, 6.07) is 0. The zero-order chi connectivity index (χ0) is 20.2. The van der Waals surface area contributed by atoms with E-state index >= 15 is 0 Å². The van der Waals surface area contributed by atoms with Crippen LogP contribution in [0.1, 0.15) is 77.0 Å². The van der Waals surface area contributed by atoms with Crippen molar-refractivity contribution in [3.05, 3.63) is 24.3 Å². The van der Waals surface area contributed by atoms with Crippen LogP contribution in [0.5, 0.6) is 0 Å². The SMILES string of the molecule is O=C(O[C@H]1CC/C=C/CCC1)ON1C(=O)CCC1=O.O[C@H]1CC/C=C/CCC1. The van der Waals surface area contributed by atoms with Gasteiger partial charge in [0.15, 0.2) is 0 Å². The Morgan fingerprint density at radius 1 is 0.857 bits per heavy atom. The van der Waals surface area contributed by atoms with Gasteiger partial charge in [-0.05, 0) is 64.2 Å². The third-order valence-electron chi connectivity index (χ3n) is 4.89. The first-order chi connectivity index (χ1) is 13.6. The molecule has 0 aromatic rings. The molecule has 28 heavy (non-hydrogen) atoms. The van der Waals surface area contributed by atoms with Crippen LogP contribution in [-0.4, -0.2) is 40.3 Å². The molecule has 0 radical (unpaired) electrons. The molecule has 1 saturated heterocycles. The first-order valence-electron chi connectivity index (χ1n) is 10.3. The third kappa shape index (κ3) is 8.25. The summed E-state index contributed by atoms with van der Waals surface area (Å²) in [5.41, 5.74) is 0. The number of allylic oxidation sites excluding steroid dienone is 4. The fraction of sp³-hybridized carbons (Fsp3) is 0.667. The minimum absolute atomic E-state index is 0.0325. The van der Waals surface area contributed by atoms with Gasteiger partial charge >= 0.3 is 6.16 Å². The molecule has 1 fully saturated rings. The van der Waals surface area contributed by atoms with Crippen LogP contribution in [0.2, 0.25) is 0 Å². The topological polar surface area (TPSA) is 93.1 Å². The number of amides is 2. The van der Waals surface area contributed by atoms with Gasteiger partial charge < -0.3 is 9.84 Å². The lowest BCUT2D eigenvalue weighted by Gasteiger charge is -2.19. The monoisotopic (exact) mass is 393 g/mol. The summed E-state index contributed by atoms with van der Waals surface area (Å²) in [4.78, 5) is 38.8. The molecule has 0 unspecified atom stereocenters. The molecule has 2 atom stereocenters. The Bertz CT molecular complexity index is 569. The maximum absolute atomic E-state index is 11.5. The zero-order valence-electron chi connectivity index (χ0n) is 16.4. The molecule has 3 aliphatic rings. The number of nitrogens with zero attached hydrogens (tertiary/aromatic N) is 1. The smallest absolute Gasteiger partial charge is 0.429 e. The Balaban J connectivity index is 0.000000261. The molecule has 0 aromatic carbocycles. The Kier molecular flexibility index (Phi) is 9.76. The fourth-order valence-electron chi connectivity index (χ4n) is 3.27. The average Bonchev–Trinajstić information content (AvgIpc) is 2.93. The molecular weight excluding hydrogens is 362 g/mol. The van der Waals surface area contributed by atoms with Crippen molar-refractivity contribution < 1.29 is 29.1 Å². The number of rotatable bonds is 2. The highest BCUT2D eigenvalue weighted by Gasteiger charge is 2.34. The molecule has 0 bridgehead atoms. The van der Waals surface area contributed by atoms with E-state index in [-0.39, 0.29) is 25.0 Å². The molecule has 0 spiro atoms. The van der Waals surface area contributed by atoms with Crippen molar-refractivity contribution >= 4 is 18.0 Å². The van der Waals surface area contributed by atoms with Crippen molar-refractivity contribution in [2.75, 3.05) is 0 Å². The summed E-state index contributed by atoms with van der Waals surface area (Å²) >= 11 is 0. The van der Waals surface area contributed by atoms with Crippen molar-refractivity contribution in [1.82, 2.24) is 5.06 Å². The molecule has 7 heteroatoms. The fourth-order valence-corrected chi connectivity index (χ4v) is 3.27. The second-order valence-corrected chi connectivity index (χ2v) is 7.28. The van der Waals surface area contributed by atoms with E-state index in [2.05, 4.69) is 29.1 Å². The highest BCUT2D eigenvalue weighted by atomic mass is 16.8. The predicted octanol–water partition coefficient (Wildman–Crippen LogP) is 3.96. The van der Waals surface area contributed by atoms with Crippen LogP contribution in [0.25, 0.3) is 0 Å². The van der Waals surface area contributed by atoms with E-state index in [1.165, 1.54) is 0 Å². The lowest BCUT2D eigenvalue weighted by Crippen LogP contribution is -2.33. The van der Waals surface area contributed by atoms with Crippen LogP contribution >= 0.6 is 0 Å². The first kappa shape index (κ1) is 22.1. The van der Waals surface area contributed by atoms with Crippen LogP contribution in [0.15, 0.2) is 24.3 Å². The van der Waals surface area contributed by atoms with E-state index in [1.54, 1.807) is 0 Å². The Labute approximate surface area is 166 Å². The molecule has 156 valence electrons. The normalized spacial score (nSPS) is 28.0. The van der Waals surface area contributed by atoms with E-state index in [4.69, 9.17) is 4.74 Å². The average molecular weight is 393 g/mol. The maximum Gasteiger partial charge on any atom is 0.534 e. The van der Waals surface area contributed by atoms with Crippen LogP contribution < -0.4 is 0 Å². The van der Waals surface area contributed by atoms with Crippen molar-refractivity contribution in [3.63, 3.8) is 0 Å². The largest absolute Gasteiger partial charge is 0.534 e. The number of hydrogen-bond acceptors (Lipinski definition) is 6. The van der Waals surface area contributed by atoms with Crippen LogP contribution in [0.4, 0.5) is 4.79 Å². The number of carbonyl (C=O) groups excluding carboxylic acids is 3. The van der Waals surface area contributed by atoms with Crippen LogP contribution in [0.3, 0.4) is 0 Å². The second-order valence-electron chi connectivity index (χ2n) is 7.28. The van der Waals surface area contributed by atoms with E-state index in [0.717, 1.165) is 64.2 Å². The number of ether oxygens (including phenoxy) is 1. The lowest BCUT2D eigenvalue weighted by atomic mass is 10.0. The number of imide groups is 1. The van der Waals surface area contributed by atoms with Gasteiger partial charge in [0.25, 0.3) is 11.8 Å². The van der Waals surface area contributed by atoms with E-state index < -0.39 is 18.0 Å². The van der Waals surface area contributed by atoms with Crippen molar-refractivity contribution in [2.24, 2.45) is 0 Å². The minimum Gasteiger partial charge on any atom is -0.429 e. The van der Waals surface area contributed by atoms with Gasteiger partial charge in [0.2, 0.25) is 0 Å². The van der Waals surface area contributed by atoms with Crippen LogP contribution in [0, 0.1) is 0 Å². The number of hydrogen-bond donors (Lipinski definition) is 1. The Morgan fingerprint density at radius 3 is 2.11 bits per heavy atom. The predicted molar refractivity (Wildman–Crippen MR) is 103 cm³/mol. The van der Waals surface area contributed by atoms with E-state index in [9.17, 15) is 19.5 Å². The first-order valence-corrected chi connectivity index (χ1v) is 10.3. The van der Waals surface area contributed by atoms with Crippen molar-refractivity contribution in [1.29, 1.82) is 0 Å². The third-order valence-corrected chi connectivity index (χ3v) is 4.89. The van der Waals surface area contributed by atoms with Gasteiger partial charge in [0.1, 0.15) is 6.10 Å². The molecule has 1 heterocycles. The van der Waals surface area contributed by atoms with E-state index in [1.807, 2.05) is 0 Å². The molecule has 3 rings (SSSR count). The highest BCUT2D eigenvalue weighted by molar-refractivity contribution is 6.01. The summed E-state index contributed by atoms with van der Waals surface area (Å²) in [6.07, 6.45) is 17.1. The van der Waals surface area contributed by atoms with Crippen molar-refractivity contribution in [2.45, 2.75) is 89.3 Å². The summed E-state index contributed by atoms with van der Waals surface area (Å²) in [7, 11) is 0.